The van der Waals surface area contributed by atoms with Crippen LogP contribution in [0, 0.1) is 0 Å². The third-order valence-corrected chi connectivity index (χ3v) is 2.23. The van der Waals surface area contributed by atoms with Gasteiger partial charge in [-0.05, 0) is 30.3 Å². The van der Waals surface area contributed by atoms with E-state index in [9.17, 15) is 13.2 Å². The lowest BCUT2D eigenvalue weighted by atomic mass is 10.2. The summed E-state index contributed by atoms with van der Waals surface area (Å²) in [7, 11) is 0. The summed E-state index contributed by atoms with van der Waals surface area (Å²) < 4.78 is 42.6. The van der Waals surface area contributed by atoms with E-state index < -0.39 is 11.7 Å². The van der Waals surface area contributed by atoms with Crippen molar-refractivity contribution in [3.05, 3.63) is 42.0 Å². The lowest BCUT2D eigenvalue weighted by Gasteiger charge is -2.11. The third-order valence-electron chi connectivity index (χ3n) is 2.23. The summed E-state index contributed by atoms with van der Waals surface area (Å²) in [6, 6.07) is 4.82. The Labute approximate surface area is 104 Å². The van der Waals surface area contributed by atoms with E-state index >= 15 is 0 Å². The molecule has 2 nitrogen and oxygen atoms in total. The van der Waals surface area contributed by atoms with Gasteiger partial charge in [0.2, 0.25) is 0 Å². The third kappa shape index (κ3) is 4.79. The van der Waals surface area contributed by atoms with Gasteiger partial charge in [0.25, 0.3) is 0 Å². The van der Waals surface area contributed by atoms with E-state index in [1.165, 1.54) is 12.1 Å². The van der Waals surface area contributed by atoms with Gasteiger partial charge in [0.05, 0.1) is 5.56 Å². The highest BCUT2D eigenvalue weighted by Crippen LogP contribution is 2.31. The molecule has 5 heteroatoms. The van der Waals surface area contributed by atoms with Crippen molar-refractivity contribution in [3.63, 3.8) is 0 Å². The molecule has 18 heavy (non-hydrogen) atoms. The van der Waals surface area contributed by atoms with Gasteiger partial charge in [0.1, 0.15) is 12.4 Å². The summed E-state index contributed by atoms with van der Waals surface area (Å²) in [6.07, 6.45) is -4.35. The van der Waals surface area contributed by atoms with Crippen LogP contribution in [0.3, 0.4) is 0 Å². The number of rotatable bonds is 6. The summed E-state index contributed by atoms with van der Waals surface area (Å²) in [4.78, 5) is 0. The molecule has 0 aliphatic heterocycles. The van der Waals surface area contributed by atoms with Gasteiger partial charge >= 0.3 is 6.18 Å². The first-order valence-corrected chi connectivity index (χ1v) is 5.61. The molecule has 100 valence electrons. The van der Waals surface area contributed by atoms with Gasteiger partial charge in [-0.2, -0.15) is 13.2 Å². The Balaban J connectivity index is 2.55. The van der Waals surface area contributed by atoms with Gasteiger partial charge in [-0.15, -0.1) is 0 Å². The quantitative estimate of drug-likeness (QED) is 0.792. The monoisotopic (exact) mass is 259 g/mol. The van der Waals surface area contributed by atoms with Crippen molar-refractivity contribution in [1.82, 2.24) is 5.32 Å². The zero-order chi connectivity index (χ0) is 13.6. The van der Waals surface area contributed by atoms with Crippen molar-refractivity contribution in [1.29, 1.82) is 0 Å². The molecule has 1 rings (SSSR count). The van der Waals surface area contributed by atoms with Crippen molar-refractivity contribution in [2.75, 3.05) is 19.7 Å². The summed E-state index contributed by atoms with van der Waals surface area (Å²) in [5.41, 5.74) is 0.0755. The zero-order valence-electron chi connectivity index (χ0n) is 10.2. The molecule has 1 aromatic rings. The maximum atomic E-state index is 12.5. The number of hydrogen-bond acceptors (Lipinski definition) is 2. The maximum absolute atomic E-state index is 12.5. The van der Waals surface area contributed by atoms with Crippen molar-refractivity contribution in [3.8, 4) is 5.75 Å². The minimum Gasteiger partial charge on any atom is -0.489 e. The van der Waals surface area contributed by atoms with Gasteiger partial charge in [0.15, 0.2) is 0 Å². The van der Waals surface area contributed by atoms with Crippen molar-refractivity contribution in [2.24, 2.45) is 0 Å². The Hall–Kier alpha value is -1.49. The van der Waals surface area contributed by atoms with E-state index in [4.69, 9.17) is 4.74 Å². The van der Waals surface area contributed by atoms with Crippen LogP contribution < -0.4 is 10.1 Å². The number of likely N-dealkylation sites (N-methyl/N-ethyl adjacent to an activating group) is 1. The Kier molecular flexibility index (Phi) is 5.22. The molecule has 0 unspecified atom stereocenters. The second-order valence-electron chi connectivity index (χ2n) is 3.84. The highest BCUT2D eigenvalue weighted by Gasteiger charge is 2.30. The van der Waals surface area contributed by atoms with Crippen LogP contribution in [0.2, 0.25) is 0 Å². The van der Waals surface area contributed by atoms with Crippen LogP contribution in [-0.4, -0.2) is 19.7 Å². The van der Waals surface area contributed by atoms with Gasteiger partial charge in [-0.3, -0.25) is 0 Å². The van der Waals surface area contributed by atoms with Gasteiger partial charge in [0, 0.05) is 6.54 Å². The van der Waals surface area contributed by atoms with Crippen LogP contribution in [0.5, 0.6) is 5.75 Å². The molecule has 0 saturated carbocycles. The van der Waals surface area contributed by atoms with Crippen LogP contribution in [0.1, 0.15) is 12.5 Å². The van der Waals surface area contributed by atoms with Gasteiger partial charge in [-0.25, -0.2) is 0 Å². The highest BCUT2D eigenvalue weighted by atomic mass is 19.4. The molecular formula is C13H16F3NO. The topological polar surface area (TPSA) is 21.3 Å². The number of benzene rings is 1. The summed E-state index contributed by atoms with van der Waals surface area (Å²) in [6.45, 7) is 7.33. The van der Waals surface area contributed by atoms with E-state index in [2.05, 4.69) is 11.9 Å². The van der Waals surface area contributed by atoms with Gasteiger partial charge < -0.3 is 10.1 Å². The lowest BCUT2D eigenvalue weighted by molar-refractivity contribution is -0.137. The predicted molar refractivity (Wildman–Crippen MR) is 64.6 cm³/mol. The molecule has 0 spiro atoms. The molecule has 0 heterocycles. The van der Waals surface area contributed by atoms with Crippen molar-refractivity contribution < 1.29 is 17.9 Å². The number of alkyl halides is 3. The van der Waals surface area contributed by atoms with Crippen LogP contribution in [-0.2, 0) is 6.18 Å². The Bertz CT molecular complexity index is 401. The van der Waals surface area contributed by atoms with Crippen LogP contribution in [0.4, 0.5) is 13.2 Å². The van der Waals surface area contributed by atoms with Crippen LogP contribution in [0.15, 0.2) is 36.4 Å². The normalized spacial score (nSPS) is 11.3. The summed E-state index contributed by atoms with van der Waals surface area (Å²) in [5.74, 6) is 0.197. The van der Waals surface area contributed by atoms with Crippen molar-refractivity contribution in [2.45, 2.75) is 13.1 Å². The minimum atomic E-state index is -4.35. The van der Waals surface area contributed by atoms with Crippen LogP contribution in [0.25, 0.3) is 0 Å². The first-order chi connectivity index (χ1) is 8.43. The summed E-state index contributed by atoms with van der Waals surface area (Å²) >= 11 is 0. The number of ether oxygens (including phenoxy) is 1. The molecule has 0 bridgehead atoms. The average molecular weight is 259 g/mol. The molecule has 0 amide bonds. The van der Waals surface area contributed by atoms with Gasteiger partial charge in [-0.1, -0.05) is 19.6 Å². The Morgan fingerprint density at radius 3 is 2.72 bits per heavy atom. The van der Waals surface area contributed by atoms with Crippen molar-refractivity contribution >= 4 is 0 Å². The minimum absolute atomic E-state index is 0.197. The molecule has 0 atom stereocenters. The molecule has 0 aliphatic carbocycles. The maximum Gasteiger partial charge on any atom is 0.416 e. The number of hydrogen-bond donors (Lipinski definition) is 1. The fourth-order valence-electron chi connectivity index (χ4n) is 1.30. The molecule has 1 N–H and O–H groups in total. The second-order valence-corrected chi connectivity index (χ2v) is 3.84. The summed E-state index contributed by atoms with van der Waals surface area (Å²) in [5, 5.41) is 3.06. The van der Waals surface area contributed by atoms with E-state index in [0.29, 0.717) is 6.54 Å². The van der Waals surface area contributed by atoms with Crippen LogP contribution >= 0.6 is 0 Å². The zero-order valence-corrected chi connectivity index (χ0v) is 10.2. The standard InChI is InChI=1S/C13H16F3NO/c1-3-17-8-10(2)9-18-12-6-4-5-11(7-12)13(14,15)16/h4-7,17H,2-3,8-9H2,1H3. The molecule has 0 aromatic heterocycles. The smallest absolute Gasteiger partial charge is 0.416 e. The van der Waals surface area contributed by atoms with E-state index in [1.807, 2.05) is 6.92 Å². The Morgan fingerprint density at radius 2 is 2.11 bits per heavy atom. The highest BCUT2D eigenvalue weighted by molar-refractivity contribution is 5.30. The molecule has 0 radical (unpaired) electrons. The first-order valence-electron chi connectivity index (χ1n) is 5.61. The molecular weight excluding hydrogens is 243 g/mol. The predicted octanol–water partition coefficient (Wildman–Crippen LogP) is 3.25. The van der Waals surface area contributed by atoms with E-state index in [0.717, 1.165) is 24.3 Å². The molecule has 0 saturated heterocycles. The Morgan fingerprint density at radius 1 is 1.39 bits per heavy atom. The largest absolute Gasteiger partial charge is 0.489 e. The van der Waals surface area contributed by atoms with E-state index in [1.54, 1.807) is 0 Å². The fraction of sp³-hybridized carbons (Fsp3) is 0.385. The average Bonchev–Trinajstić information content (AvgIpc) is 2.33. The number of nitrogens with one attached hydrogen (secondary N) is 1. The SMILES string of the molecule is C=C(CNCC)COc1cccc(C(F)(F)F)c1. The lowest BCUT2D eigenvalue weighted by Crippen LogP contribution is -2.18. The molecule has 1 aromatic carbocycles. The molecule has 0 aliphatic rings. The first kappa shape index (κ1) is 14.6. The fourth-order valence-corrected chi connectivity index (χ4v) is 1.30. The molecule has 0 fully saturated rings. The number of halogens is 3. The van der Waals surface area contributed by atoms with E-state index in [-0.39, 0.29) is 12.4 Å². The second kappa shape index (κ2) is 6.44.